The average Bonchev–Trinajstić information content (AvgIpc) is 3.61. The smallest absolute Gasteiger partial charge is 0.410 e. The summed E-state index contributed by atoms with van der Waals surface area (Å²) in [7, 11) is 1.66. The van der Waals surface area contributed by atoms with E-state index in [1.807, 2.05) is 60.7 Å². The summed E-state index contributed by atoms with van der Waals surface area (Å²) in [6, 6.07) is 14.7. The molecule has 38 heavy (non-hydrogen) atoms. The highest BCUT2D eigenvalue weighted by Crippen LogP contribution is 2.37. The molecule has 2 aromatic carbocycles. The first kappa shape index (κ1) is 24.0. The fourth-order valence-electron chi connectivity index (χ4n) is 5.33. The van der Waals surface area contributed by atoms with E-state index < -0.39 is 5.60 Å². The molecule has 2 saturated heterocycles. The van der Waals surface area contributed by atoms with Crippen LogP contribution in [0, 0.1) is 0 Å². The van der Waals surface area contributed by atoms with Crippen LogP contribution < -0.4 is 15.0 Å². The van der Waals surface area contributed by atoms with Crippen molar-refractivity contribution in [3.8, 4) is 11.4 Å². The van der Waals surface area contributed by atoms with E-state index in [1.165, 1.54) is 0 Å². The number of methoxy groups -OCH3 is 1. The number of ether oxygens (including phenoxy) is 2. The van der Waals surface area contributed by atoms with Gasteiger partial charge in [0.05, 0.1) is 30.6 Å². The van der Waals surface area contributed by atoms with E-state index in [9.17, 15) is 4.79 Å². The number of amides is 1. The van der Waals surface area contributed by atoms with Gasteiger partial charge in [0.1, 0.15) is 17.2 Å². The summed E-state index contributed by atoms with van der Waals surface area (Å²) in [5.74, 6) is 2.05. The molecular formula is C28H31N7O3. The zero-order valence-corrected chi connectivity index (χ0v) is 22.0. The van der Waals surface area contributed by atoms with E-state index in [2.05, 4.69) is 32.3 Å². The molecule has 10 heteroatoms. The molecule has 6 rings (SSSR count). The number of carbonyl (C=O) groups excluding carboxylic acids is 1. The van der Waals surface area contributed by atoms with Crippen molar-refractivity contribution < 1.29 is 14.3 Å². The van der Waals surface area contributed by atoms with Crippen molar-refractivity contribution in [1.29, 1.82) is 0 Å². The van der Waals surface area contributed by atoms with Gasteiger partial charge in [-0.3, -0.25) is 4.98 Å². The van der Waals surface area contributed by atoms with Crippen molar-refractivity contribution in [3.05, 3.63) is 61.1 Å². The van der Waals surface area contributed by atoms with Gasteiger partial charge in [0.2, 0.25) is 0 Å². The van der Waals surface area contributed by atoms with Crippen LogP contribution in [0.3, 0.4) is 0 Å². The molecule has 2 fully saturated rings. The van der Waals surface area contributed by atoms with Crippen molar-refractivity contribution in [2.75, 3.05) is 30.4 Å². The third kappa shape index (κ3) is 4.46. The molecule has 1 N–H and O–H groups in total. The lowest BCUT2D eigenvalue weighted by Gasteiger charge is -2.36. The minimum absolute atomic E-state index is 0.149. The maximum Gasteiger partial charge on any atom is 0.410 e. The normalized spacial score (nSPS) is 18.7. The maximum atomic E-state index is 12.7. The van der Waals surface area contributed by atoms with E-state index >= 15 is 0 Å². The summed E-state index contributed by atoms with van der Waals surface area (Å²) >= 11 is 0. The summed E-state index contributed by atoms with van der Waals surface area (Å²) in [5, 5.41) is 9.14. The van der Waals surface area contributed by atoms with Gasteiger partial charge in [-0.05, 0) is 57.5 Å². The minimum Gasteiger partial charge on any atom is -0.497 e. The highest BCUT2D eigenvalue weighted by atomic mass is 16.6. The topological polar surface area (TPSA) is 97.6 Å². The minimum atomic E-state index is -0.497. The number of likely N-dealkylation sites (tertiary alicyclic amines) is 1. The Morgan fingerprint density at radius 2 is 1.89 bits per heavy atom. The van der Waals surface area contributed by atoms with Gasteiger partial charge in [-0.2, -0.15) is 0 Å². The number of hydrogen-bond donors (Lipinski definition) is 1. The third-order valence-electron chi connectivity index (χ3n) is 6.97. The second-order valence-corrected chi connectivity index (χ2v) is 10.7. The van der Waals surface area contributed by atoms with E-state index in [0.29, 0.717) is 18.2 Å². The summed E-state index contributed by atoms with van der Waals surface area (Å²) < 4.78 is 13.1. The van der Waals surface area contributed by atoms with Crippen LogP contribution in [0.5, 0.6) is 5.75 Å². The Bertz CT molecular complexity index is 1480. The van der Waals surface area contributed by atoms with Gasteiger partial charge >= 0.3 is 6.09 Å². The number of piperazine rings is 1. The Labute approximate surface area is 221 Å². The van der Waals surface area contributed by atoms with Crippen LogP contribution in [0.2, 0.25) is 0 Å². The highest BCUT2D eigenvalue weighted by molar-refractivity contribution is 5.93. The number of hydrogen-bond acceptors (Lipinski definition) is 8. The molecule has 1 amide bonds. The van der Waals surface area contributed by atoms with E-state index in [-0.39, 0.29) is 18.2 Å². The number of aromatic nitrogens is 4. The number of nitrogens with one attached hydrogen (secondary N) is 1. The molecule has 0 aliphatic carbocycles. The van der Waals surface area contributed by atoms with Crippen molar-refractivity contribution in [1.82, 2.24) is 24.6 Å². The largest absolute Gasteiger partial charge is 0.497 e. The molecule has 2 aliphatic rings. The van der Waals surface area contributed by atoms with Gasteiger partial charge < -0.3 is 24.6 Å². The number of benzene rings is 2. The molecule has 196 valence electrons. The van der Waals surface area contributed by atoms with Gasteiger partial charge in [0.25, 0.3) is 0 Å². The molecule has 0 unspecified atom stereocenters. The van der Waals surface area contributed by atoms with E-state index in [0.717, 1.165) is 41.0 Å². The second-order valence-electron chi connectivity index (χ2n) is 10.7. The molecular weight excluding hydrogens is 482 g/mol. The van der Waals surface area contributed by atoms with Crippen LogP contribution in [-0.4, -0.2) is 68.6 Å². The Morgan fingerprint density at radius 1 is 1.05 bits per heavy atom. The van der Waals surface area contributed by atoms with Gasteiger partial charge in [-0.15, -0.1) is 5.10 Å². The molecule has 0 spiro atoms. The van der Waals surface area contributed by atoms with Crippen molar-refractivity contribution in [2.24, 2.45) is 0 Å². The summed E-state index contributed by atoms with van der Waals surface area (Å²) in [4.78, 5) is 25.4. The second kappa shape index (κ2) is 9.20. The molecule has 4 aromatic rings. The molecule has 2 aliphatic heterocycles. The van der Waals surface area contributed by atoms with Crippen LogP contribution in [0.4, 0.5) is 22.1 Å². The SMILES string of the molecule is COc1ccc2c(Nc3cnccn3)nn(-c3cccc(N4C[C@@H]5C[C@H]4CN5C(=O)OC(C)(C)C)c3)c2c1. The Kier molecular flexibility index (Phi) is 5.81. The monoisotopic (exact) mass is 513 g/mol. The summed E-state index contributed by atoms with van der Waals surface area (Å²) in [5.41, 5.74) is 2.45. The quantitative estimate of drug-likeness (QED) is 0.408. The van der Waals surface area contributed by atoms with Gasteiger partial charge in [-0.25, -0.2) is 14.5 Å². The van der Waals surface area contributed by atoms with Crippen molar-refractivity contribution in [3.63, 3.8) is 0 Å². The lowest BCUT2D eigenvalue weighted by molar-refractivity contribution is 0.0214. The number of anilines is 3. The van der Waals surface area contributed by atoms with Crippen LogP contribution in [-0.2, 0) is 4.74 Å². The lowest BCUT2D eigenvalue weighted by Crippen LogP contribution is -2.50. The van der Waals surface area contributed by atoms with E-state index in [4.69, 9.17) is 14.6 Å². The first-order valence-electron chi connectivity index (χ1n) is 12.8. The molecule has 0 radical (unpaired) electrons. The standard InChI is InChI=1S/C28H31N7O3/c1-28(2,3)38-27(36)34-17-20-13-21(34)16-33(20)18-6-5-7-19(12-18)35-24-14-22(37-4)8-9-23(24)26(32-35)31-25-15-29-10-11-30-25/h5-12,14-15,20-21H,13,16-17H2,1-4H3,(H,30,31,32)/t20-,21-/m0/s1. The molecule has 2 aromatic heterocycles. The third-order valence-corrected chi connectivity index (χ3v) is 6.97. The van der Waals surface area contributed by atoms with Gasteiger partial charge in [0, 0.05) is 48.7 Å². The number of fused-ring (bicyclic) bond motifs is 3. The number of carbonyl (C=O) groups is 1. The van der Waals surface area contributed by atoms with Crippen LogP contribution in [0.25, 0.3) is 16.6 Å². The predicted octanol–water partition coefficient (Wildman–Crippen LogP) is 4.77. The highest BCUT2D eigenvalue weighted by Gasteiger charge is 2.46. The summed E-state index contributed by atoms with van der Waals surface area (Å²) in [6.07, 6.45) is 5.66. The molecule has 2 bridgehead atoms. The Hall–Kier alpha value is -4.34. The molecule has 10 nitrogen and oxygen atoms in total. The summed E-state index contributed by atoms with van der Waals surface area (Å²) in [6.45, 7) is 7.15. The van der Waals surface area contributed by atoms with Gasteiger partial charge in [-0.1, -0.05) is 6.07 Å². The first-order valence-corrected chi connectivity index (χ1v) is 12.8. The fraction of sp³-hybridized carbons (Fsp3) is 0.357. The van der Waals surface area contributed by atoms with Crippen LogP contribution in [0.1, 0.15) is 27.2 Å². The Balaban J connectivity index is 1.30. The number of nitrogens with zero attached hydrogens (tertiary/aromatic N) is 6. The fourth-order valence-corrected chi connectivity index (χ4v) is 5.33. The molecule has 2 atom stereocenters. The maximum absolute atomic E-state index is 12.7. The van der Waals surface area contributed by atoms with Crippen molar-refractivity contribution >= 4 is 34.3 Å². The zero-order chi connectivity index (χ0) is 26.4. The lowest BCUT2D eigenvalue weighted by atomic mass is 10.2. The zero-order valence-electron chi connectivity index (χ0n) is 22.0. The molecule has 0 saturated carbocycles. The van der Waals surface area contributed by atoms with Crippen molar-refractivity contribution in [2.45, 2.75) is 44.9 Å². The first-order chi connectivity index (χ1) is 18.3. The van der Waals surface area contributed by atoms with E-state index in [1.54, 1.807) is 25.7 Å². The molecule has 4 heterocycles. The average molecular weight is 514 g/mol. The van der Waals surface area contributed by atoms with Gasteiger partial charge in [0.15, 0.2) is 5.82 Å². The predicted molar refractivity (Wildman–Crippen MR) is 145 cm³/mol. The van der Waals surface area contributed by atoms with Crippen LogP contribution in [0.15, 0.2) is 61.1 Å². The Morgan fingerprint density at radius 3 is 2.61 bits per heavy atom. The number of rotatable bonds is 5. The van der Waals surface area contributed by atoms with Crippen LogP contribution >= 0.6 is 0 Å².